The van der Waals surface area contributed by atoms with E-state index in [1.54, 1.807) is 11.0 Å². The number of nitrogens with one attached hydrogen (secondary N) is 1. The molecule has 1 aromatic heterocycles. The molecule has 0 bridgehead atoms. The van der Waals surface area contributed by atoms with Crippen molar-refractivity contribution in [3.8, 4) is 11.3 Å². The van der Waals surface area contributed by atoms with Crippen molar-refractivity contribution >= 4 is 23.5 Å². The number of carbonyl (C=O) groups excluding carboxylic acids is 3. The van der Waals surface area contributed by atoms with Crippen molar-refractivity contribution in [3.63, 3.8) is 0 Å². The Balaban J connectivity index is 1.45. The molecule has 0 aliphatic carbocycles. The third-order valence-electron chi connectivity index (χ3n) is 6.45. The van der Waals surface area contributed by atoms with Gasteiger partial charge >= 0.3 is 0 Å². The van der Waals surface area contributed by atoms with Gasteiger partial charge in [0.2, 0.25) is 11.8 Å². The third kappa shape index (κ3) is 3.27. The summed E-state index contributed by atoms with van der Waals surface area (Å²) in [4.78, 5) is 45.1. The molecule has 3 amide bonds. The molecule has 3 aliphatic heterocycles. The summed E-state index contributed by atoms with van der Waals surface area (Å²) in [7, 11) is 0. The molecule has 0 spiro atoms. The van der Waals surface area contributed by atoms with Crippen LogP contribution in [0.2, 0.25) is 0 Å². The highest BCUT2D eigenvalue weighted by molar-refractivity contribution is 6.05. The molecule has 1 unspecified atom stereocenters. The Morgan fingerprint density at radius 2 is 2.03 bits per heavy atom. The van der Waals surface area contributed by atoms with Crippen molar-refractivity contribution in [2.75, 3.05) is 24.6 Å². The summed E-state index contributed by atoms with van der Waals surface area (Å²) < 4.78 is 0. The number of β-amino-alcohol motifs (C(OH)–C–C–N with tert-alkyl or cyclic N) is 1. The minimum absolute atomic E-state index is 0.0848. The molecule has 160 valence electrons. The van der Waals surface area contributed by atoms with Gasteiger partial charge in [-0.25, -0.2) is 4.98 Å². The lowest BCUT2D eigenvalue weighted by Gasteiger charge is -2.29. The number of aliphatic hydroxyl groups is 1. The van der Waals surface area contributed by atoms with Gasteiger partial charge in [-0.05, 0) is 54.7 Å². The van der Waals surface area contributed by atoms with Gasteiger partial charge in [0.05, 0.1) is 12.3 Å². The molecule has 3 aliphatic rings. The first-order valence-corrected chi connectivity index (χ1v) is 10.6. The lowest BCUT2D eigenvalue weighted by atomic mass is 10.0. The van der Waals surface area contributed by atoms with Crippen LogP contribution in [-0.4, -0.2) is 58.5 Å². The molecule has 31 heavy (non-hydrogen) atoms. The van der Waals surface area contributed by atoms with Crippen LogP contribution >= 0.6 is 0 Å². The average Bonchev–Trinajstić information content (AvgIpc) is 3.30. The van der Waals surface area contributed by atoms with Crippen molar-refractivity contribution in [2.24, 2.45) is 0 Å². The second-order valence-corrected chi connectivity index (χ2v) is 8.36. The van der Waals surface area contributed by atoms with E-state index in [0.717, 1.165) is 35.6 Å². The van der Waals surface area contributed by atoms with Crippen molar-refractivity contribution in [2.45, 2.75) is 38.8 Å². The van der Waals surface area contributed by atoms with E-state index in [1.807, 2.05) is 12.1 Å². The number of imide groups is 1. The van der Waals surface area contributed by atoms with E-state index in [2.05, 4.69) is 23.2 Å². The Labute approximate surface area is 179 Å². The number of nitrogens with zero attached hydrogens (tertiary/aromatic N) is 3. The highest BCUT2D eigenvalue weighted by Gasteiger charge is 2.39. The molecule has 8 nitrogen and oxygen atoms in total. The van der Waals surface area contributed by atoms with Crippen molar-refractivity contribution < 1.29 is 19.5 Å². The van der Waals surface area contributed by atoms with Crippen LogP contribution in [0.3, 0.4) is 0 Å². The fourth-order valence-corrected chi connectivity index (χ4v) is 4.83. The first kappa shape index (κ1) is 19.7. The number of anilines is 1. The van der Waals surface area contributed by atoms with Gasteiger partial charge in [0.15, 0.2) is 0 Å². The summed E-state index contributed by atoms with van der Waals surface area (Å²) in [6, 6.07) is 7.11. The summed E-state index contributed by atoms with van der Waals surface area (Å²) >= 11 is 0. The van der Waals surface area contributed by atoms with E-state index >= 15 is 0 Å². The van der Waals surface area contributed by atoms with Crippen LogP contribution in [0.1, 0.15) is 39.9 Å². The number of aromatic nitrogens is 1. The van der Waals surface area contributed by atoms with Gasteiger partial charge in [0, 0.05) is 37.2 Å². The summed E-state index contributed by atoms with van der Waals surface area (Å²) in [6.07, 6.45) is 1.52. The minimum Gasteiger partial charge on any atom is -0.395 e. The molecule has 4 heterocycles. The van der Waals surface area contributed by atoms with Crippen LogP contribution in [0.4, 0.5) is 5.82 Å². The molecular weight excluding hydrogens is 396 g/mol. The molecule has 2 N–H and O–H groups in total. The number of aryl methyl sites for hydroxylation is 1. The predicted molar refractivity (Wildman–Crippen MR) is 113 cm³/mol. The molecule has 0 saturated carbocycles. The van der Waals surface area contributed by atoms with Crippen molar-refractivity contribution in [3.05, 3.63) is 46.5 Å². The molecule has 1 fully saturated rings. The Morgan fingerprint density at radius 1 is 1.19 bits per heavy atom. The average molecular weight is 420 g/mol. The molecule has 5 rings (SSSR count). The Kier molecular flexibility index (Phi) is 4.74. The van der Waals surface area contributed by atoms with Crippen LogP contribution in [0.25, 0.3) is 11.3 Å². The molecule has 8 heteroatoms. The summed E-state index contributed by atoms with van der Waals surface area (Å²) in [5.74, 6) is 0.0487. The number of amides is 3. The van der Waals surface area contributed by atoms with E-state index in [1.165, 1.54) is 11.1 Å². The standard InChI is InChI=1S/C23H24N4O4/c1-13-10-18(24-21-16(13)6-7-26(21)8-9-28)14-2-3-17-15(11-14)12-27(23(17)31)19-4-5-20(29)25-22(19)30/h2-3,10-11,19,28H,4-9,12H2,1H3,(H,25,29,30). The number of benzene rings is 1. The van der Waals surface area contributed by atoms with E-state index in [9.17, 15) is 19.5 Å². The fourth-order valence-electron chi connectivity index (χ4n) is 4.83. The number of rotatable bonds is 4. The Morgan fingerprint density at radius 3 is 2.81 bits per heavy atom. The molecule has 1 aromatic carbocycles. The molecule has 1 atom stereocenters. The van der Waals surface area contributed by atoms with Crippen LogP contribution in [-0.2, 0) is 22.6 Å². The fraction of sp³-hybridized carbons (Fsp3) is 0.391. The number of fused-ring (bicyclic) bond motifs is 2. The first-order valence-electron chi connectivity index (χ1n) is 10.6. The summed E-state index contributed by atoms with van der Waals surface area (Å²) in [5, 5.41) is 11.7. The van der Waals surface area contributed by atoms with Crippen LogP contribution in [0, 0.1) is 6.92 Å². The third-order valence-corrected chi connectivity index (χ3v) is 6.45. The smallest absolute Gasteiger partial charge is 0.255 e. The maximum atomic E-state index is 12.9. The second-order valence-electron chi connectivity index (χ2n) is 8.36. The summed E-state index contributed by atoms with van der Waals surface area (Å²) in [6.45, 7) is 3.92. The second kappa shape index (κ2) is 7.46. The lowest BCUT2D eigenvalue weighted by molar-refractivity contribution is -0.136. The van der Waals surface area contributed by atoms with Gasteiger partial charge in [-0.2, -0.15) is 0 Å². The van der Waals surface area contributed by atoms with E-state index in [-0.39, 0.29) is 24.8 Å². The number of piperidine rings is 1. The number of hydrogen-bond donors (Lipinski definition) is 2. The number of aliphatic hydroxyl groups excluding tert-OH is 1. The van der Waals surface area contributed by atoms with Crippen LogP contribution < -0.4 is 10.2 Å². The van der Waals surface area contributed by atoms with Gasteiger partial charge in [0.25, 0.3) is 5.91 Å². The zero-order chi connectivity index (χ0) is 21.7. The Bertz CT molecular complexity index is 1110. The van der Waals surface area contributed by atoms with Crippen LogP contribution in [0.5, 0.6) is 0 Å². The molecular formula is C23H24N4O4. The van der Waals surface area contributed by atoms with E-state index in [0.29, 0.717) is 25.1 Å². The quantitative estimate of drug-likeness (QED) is 0.720. The Hall–Kier alpha value is -3.26. The minimum atomic E-state index is -0.617. The molecule has 1 saturated heterocycles. The van der Waals surface area contributed by atoms with Gasteiger partial charge in [-0.15, -0.1) is 0 Å². The number of carbonyl (C=O) groups is 3. The predicted octanol–water partition coefficient (Wildman–Crippen LogP) is 1.17. The van der Waals surface area contributed by atoms with Crippen molar-refractivity contribution in [1.82, 2.24) is 15.2 Å². The maximum Gasteiger partial charge on any atom is 0.255 e. The number of hydrogen-bond acceptors (Lipinski definition) is 6. The molecule has 2 aromatic rings. The van der Waals surface area contributed by atoms with Crippen molar-refractivity contribution in [1.29, 1.82) is 0 Å². The highest BCUT2D eigenvalue weighted by Crippen LogP contribution is 2.34. The zero-order valence-electron chi connectivity index (χ0n) is 17.4. The van der Waals surface area contributed by atoms with Crippen LogP contribution in [0.15, 0.2) is 24.3 Å². The zero-order valence-corrected chi connectivity index (χ0v) is 17.4. The monoisotopic (exact) mass is 420 g/mol. The van der Waals surface area contributed by atoms with Gasteiger partial charge in [-0.1, -0.05) is 6.07 Å². The van der Waals surface area contributed by atoms with E-state index < -0.39 is 11.9 Å². The largest absolute Gasteiger partial charge is 0.395 e. The van der Waals surface area contributed by atoms with Gasteiger partial charge in [0.1, 0.15) is 11.9 Å². The maximum absolute atomic E-state index is 12.9. The van der Waals surface area contributed by atoms with E-state index in [4.69, 9.17) is 4.98 Å². The lowest BCUT2D eigenvalue weighted by Crippen LogP contribution is -2.52. The first-order chi connectivity index (χ1) is 15.0. The normalized spacial score (nSPS) is 20.2. The highest BCUT2D eigenvalue weighted by atomic mass is 16.3. The van der Waals surface area contributed by atoms with Gasteiger partial charge < -0.3 is 14.9 Å². The number of pyridine rings is 1. The molecule has 0 radical (unpaired) electrons. The SMILES string of the molecule is Cc1cc(-c2ccc3c(c2)CN(C2CCC(=O)NC2=O)C3=O)nc2c1CCN2CCO. The van der Waals surface area contributed by atoms with Gasteiger partial charge in [-0.3, -0.25) is 19.7 Å². The summed E-state index contributed by atoms with van der Waals surface area (Å²) in [5.41, 5.74) is 5.58. The topological polar surface area (TPSA) is 103 Å².